The highest BCUT2D eigenvalue weighted by Crippen LogP contribution is 2.34. The van der Waals surface area contributed by atoms with Crippen molar-refractivity contribution in [2.45, 2.75) is 24.3 Å². The Bertz CT molecular complexity index is 654. The molecule has 2 N–H and O–H groups in total. The van der Waals surface area contributed by atoms with Gasteiger partial charge in [-0.25, -0.2) is 12.8 Å². The van der Waals surface area contributed by atoms with E-state index in [1.807, 2.05) is 6.92 Å². The number of hydrogen-bond acceptors (Lipinski definition) is 5. The fourth-order valence-corrected chi connectivity index (χ4v) is 4.15. The SMILES string of the molecule is COc1cc(F)c(S(=O)(=O)N2CCC(C(C)N)C2)cc1OC.Cl. The molecule has 6 nitrogen and oxygen atoms in total. The molecule has 0 aromatic heterocycles. The van der Waals surface area contributed by atoms with Gasteiger partial charge in [-0.3, -0.25) is 0 Å². The van der Waals surface area contributed by atoms with Crippen LogP contribution in [0, 0.1) is 11.7 Å². The minimum atomic E-state index is -3.93. The molecular weight excluding hydrogens is 347 g/mol. The van der Waals surface area contributed by atoms with Gasteiger partial charge in [0.05, 0.1) is 14.2 Å². The van der Waals surface area contributed by atoms with Crippen LogP contribution < -0.4 is 15.2 Å². The first-order chi connectivity index (χ1) is 10.3. The summed E-state index contributed by atoms with van der Waals surface area (Å²) in [6, 6.07) is 2.07. The van der Waals surface area contributed by atoms with Crippen molar-refractivity contribution in [2.24, 2.45) is 11.7 Å². The normalized spacial score (nSPS) is 20.0. The van der Waals surface area contributed by atoms with Crippen LogP contribution in [0.1, 0.15) is 13.3 Å². The lowest BCUT2D eigenvalue weighted by Crippen LogP contribution is -2.33. The number of rotatable bonds is 5. The summed E-state index contributed by atoms with van der Waals surface area (Å²) in [5, 5.41) is 0. The van der Waals surface area contributed by atoms with Gasteiger partial charge in [0.25, 0.3) is 0 Å². The molecule has 0 spiro atoms. The highest BCUT2D eigenvalue weighted by atomic mass is 35.5. The van der Waals surface area contributed by atoms with Crippen LogP contribution >= 0.6 is 12.4 Å². The molecule has 0 aliphatic carbocycles. The molecule has 2 atom stereocenters. The third kappa shape index (κ3) is 3.88. The molecule has 1 fully saturated rings. The van der Waals surface area contributed by atoms with E-state index in [-0.39, 0.29) is 35.9 Å². The van der Waals surface area contributed by atoms with Crippen LogP contribution in [0.2, 0.25) is 0 Å². The Morgan fingerprint density at radius 3 is 2.35 bits per heavy atom. The second-order valence-electron chi connectivity index (χ2n) is 5.41. The van der Waals surface area contributed by atoms with Crippen molar-refractivity contribution in [1.82, 2.24) is 4.31 Å². The first-order valence-electron chi connectivity index (χ1n) is 6.98. The Labute approximate surface area is 142 Å². The number of benzene rings is 1. The highest BCUT2D eigenvalue weighted by molar-refractivity contribution is 7.89. The summed E-state index contributed by atoms with van der Waals surface area (Å²) < 4.78 is 50.8. The van der Waals surface area contributed by atoms with E-state index in [0.29, 0.717) is 19.5 Å². The molecule has 1 aliphatic rings. The molecule has 0 radical (unpaired) electrons. The van der Waals surface area contributed by atoms with Gasteiger partial charge >= 0.3 is 0 Å². The molecule has 0 bridgehead atoms. The topological polar surface area (TPSA) is 81.9 Å². The maximum Gasteiger partial charge on any atom is 0.246 e. The number of nitrogens with zero attached hydrogens (tertiary/aromatic N) is 1. The van der Waals surface area contributed by atoms with Crippen LogP contribution in [0.4, 0.5) is 4.39 Å². The zero-order valence-corrected chi connectivity index (χ0v) is 14.9. The van der Waals surface area contributed by atoms with E-state index in [1.165, 1.54) is 18.5 Å². The first kappa shape index (κ1) is 20.0. The quantitative estimate of drug-likeness (QED) is 0.854. The average molecular weight is 369 g/mol. The maximum absolute atomic E-state index is 14.2. The maximum atomic E-state index is 14.2. The molecule has 132 valence electrons. The van der Waals surface area contributed by atoms with E-state index in [1.54, 1.807) is 0 Å². The summed E-state index contributed by atoms with van der Waals surface area (Å²) in [5.74, 6) is -0.459. The molecule has 2 unspecified atom stereocenters. The van der Waals surface area contributed by atoms with Crippen molar-refractivity contribution in [2.75, 3.05) is 27.3 Å². The van der Waals surface area contributed by atoms with E-state index in [2.05, 4.69) is 0 Å². The molecule has 1 aliphatic heterocycles. The van der Waals surface area contributed by atoms with Crippen molar-refractivity contribution in [3.63, 3.8) is 0 Å². The van der Waals surface area contributed by atoms with Gasteiger partial charge in [0.2, 0.25) is 10.0 Å². The summed E-state index contributed by atoms with van der Waals surface area (Å²) >= 11 is 0. The lowest BCUT2D eigenvalue weighted by Gasteiger charge is -2.19. The van der Waals surface area contributed by atoms with Gasteiger partial charge in [0.15, 0.2) is 11.5 Å². The van der Waals surface area contributed by atoms with Crippen molar-refractivity contribution in [3.8, 4) is 11.5 Å². The molecule has 1 aromatic rings. The van der Waals surface area contributed by atoms with Gasteiger partial charge in [-0.05, 0) is 19.3 Å². The van der Waals surface area contributed by atoms with E-state index in [9.17, 15) is 12.8 Å². The lowest BCUT2D eigenvalue weighted by atomic mass is 10.0. The number of hydrogen-bond donors (Lipinski definition) is 1. The highest BCUT2D eigenvalue weighted by Gasteiger charge is 2.36. The van der Waals surface area contributed by atoms with Crippen molar-refractivity contribution >= 4 is 22.4 Å². The summed E-state index contributed by atoms with van der Waals surface area (Å²) in [4.78, 5) is -0.407. The van der Waals surface area contributed by atoms with Gasteiger partial charge in [-0.2, -0.15) is 4.31 Å². The van der Waals surface area contributed by atoms with Gasteiger partial charge in [0.1, 0.15) is 10.7 Å². The summed E-state index contributed by atoms with van der Waals surface area (Å²) in [5.41, 5.74) is 5.82. The number of nitrogens with two attached hydrogens (primary N) is 1. The van der Waals surface area contributed by atoms with Crippen LogP contribution in [0.25, 0.3) is 0 Å². The Kier molecular flexibility index (Phi) is 6.64. The van der Waals surface area contributed by atoms with Crippen molar-refractivity contribution < 1.29 is 22.3 Å². The Hall–Kier alpha value is -1.09. The van der Waals surface area contributed by atoms with Gasteiger partial charge in [-0.1, -0.05) is 0 Å². The smallest absolute Gasteiger partial charge is 0.246 e. The molecule has 0 saturated carbocycles. The van der Waals surface area contributed by atoms with E-state index in [4.69, 9.17) is 15.2 Å². The van der Waals surface area contributed by atoms with E-state index in [0.717, 1.165) is 12.1 Å². The predicted octanol–water partition coefficient (Wildman–Crippen LogP) is 1.62. The summed E-state index contributed by atoms with van der Waals surface area (Å²) in [7, 11) is -1.20. The van der Waals surface area contributed by atoms with Crippen LogP contribution in [-0.2, 0) is 10.0 Å². The first-order valence-corrected chi connectivity index (χ1v) is 8.42. The van der Waals surface area contributed by atoms with Crippen molar-refractivity contribution in [1.29, 1.82) is 0 Å². The van der Waals surface area contributed by atoms with Crippen molar-refractivity contribution in [3.05, 3.63) is 17.9 Å². The fraction of sp³-hybridized carbons (Fsp3) is 0.571. The Morgan fingerprint density at radius 1 is 1.30 bits per heavy atom. The minimum Gasteiger partial charge on any atom is -0.493 e. The van der Waals surface area contributed by atoms with Gasteiger partial charge in [0, 0.05) is 31.3 Å². The van der Waals surface area contributed by atoms with Crippen LogP contribution in [0.5, 0.6) is 11.5 Å². The zero-order chi connectivity index (χ0) is 16.5. The summed E-state index contributed by atoms with van der Waals surface area (Å²) in [6.45, 7) is 2.48. The largest absolute Gasteiger partial charge is 0.493 e. The fourth-order valence-electron chi connectivity index (χ4n) is 2.57. The van der Waals surface area contributed by atoms with E-state index >= 15 is 0 Å². The second kappa shape index (κ2) is 7.65. The summed E-state index contributed by atoms with van der Waals surface area (Å²) in [6.07, 6.45) is 0.672. The predicted molar refractivity (Wildman–Crippen MR) is 87.3 cm³/mol. The molecule has 1 saturated heterocycles. The number of halogens is 2. The third-order valence-corrected chi connectivity index (χ3v) is 5.87. The molecular formula is C14H22ClFN2O4S. The van der Waals surface area contributed by atoms with Gasteiger partial charge in [-0.15, -0.1) is 12.4 Å². The molecule has 2 rings (SSSR count). The molecule has 23 heavy (non-hydrogen) atoms. The molecule has 1 heterocycles. The average Bonchev–Trinajstić information content (AvgIpc) is 2.97. The third-order valence-electron chi connectivity index (χ3n) is 3.99. The number of methoxy groups -OCH3 is 2. The lowest BCUT2D eigenvalue weighted by molar-refractivity contribution is 0.349. The zero-order valence-electron chi connectivity index (χ0n) is 13.3. The number of ether oxygens (including phenoxy) is 2. The van der Waals surface area contributed by atoms with E-state index < -0.39 is 20.7 Å². The number of sulfonamides is 1. The Morgan fingerprint density at radius 2 is 1.87 bits per heavy atom. The molecule has 1 aromatic carbocycles. The van der Waals surface area contributed by atoms with Gasteiger partial charge < -0.3 is 15.2 Å². The monoisotopic (exact) mass is 368 g/mol. The minimum absolute atomic E-state index is 0. The molecule has 0 amide bonds. The van der Waals surface area contributed by atoms with Crippen LogP contribution in [-0.4, -0.2) is 46.1 Å². The second-order valence-corrected chi connectivity index (χ2v) is 7.31. The molecule has 9 heteroatoms. The Balaban J connectivity index is 0.00000264. The standard InChI is InChI=1S/C14H21FN2O4S.ClH/c1-9(16)10-4-5-17(8-10)22(18,19)14-7-13(21-3)12(20-2)6-11(14)15;/h6-7,9-10H,4-5,8,16H2,1-3H3;1H. The van der Waals surface area contributed by atoms with Crippen LogP contribution in [0.15, 0.2) is 17.0 Å². The van der Waals surface area contributed by atoms with Crippen LogP contribution in [0.3, 0.4) is 0 Å².